The zero-order chi connectivity index (χ0) is 22.8. The van der Waals surface area contributed by atoms with Crippen LogP contribution >= 0.6 is 11.6 Å². The molecule has 0 aromatic heterocycles. The lowest BCUT2D eigenvalue weighted by Crippen LogP contribution is -2.41. The summed E-state index contributed by atoms with van der Waals surface area (Å²) in [7, 11) is 2.93. The third-order valence-corrected chi connectivity index (χ3v) is 5.84. The molecule has 0 aliphatic carbocycles. The molecule has 1 fully saturated rings. The molecule has 5 nitrogen and oxygen atoms in total. The van der Waals surface area contributed by atoms with Gasteiger partial charge in [-0.2, -0.15) is 13.2 Å². The van der Waals surface area contributed by atoms with Gasteiger partial charge in [0, 0.05) is 12.1 Å². The summed E-state index contributed by atoms with van der Waals surface area (Å²) in [4.78, 5) is 13.5. The molecule has 2 unspecified atom stereocenters. The van der Waals surface area contributed by atoms with Crippen LogP contribution < -0.4 is 9.47 Å². The van der Waals surface area contributed by atoms with E-state index in [1.54, 1.807) is 18.2 Å². The van der Waals surface area contributed by atoms with Crippen molar-refractivity contribution in [3.05, 3.63) is 58.1 Å². The Morgan fingerprint density at radius 3 is 2.58 bits per heavy atom. The predicted molar refractivity (Wildman–Crippen MR) is 110 cm³/mol. The van der Waals surface area contributed by atoms with Crippen molar-refractivity contribution in [2.75, 3.05) is 27.3 Å². The van der Waals surface area contributed by atoms with Gasteiger partial charge in [0.2, 0.25) is 0 Å². The minimum absolute atomic E-state index is 0.199. The Morgan fingerprint density at radius 1 is 1.23 bits per heavy atom. The number of carbonyl (C=O) groups is 1. The molecule has 1 heterocycles. The molecule has 1 aliphatic heterocycles. The third-order valence-electron chi connectivity index (χ3n) is 5.51. The number of carboxylic acid groups (broad SMARTS) is 1. The number of halogens is 4. The fourth-order valence-corrected chi connectivity index (χ4v) is 4.31. The average molecular weight is 458 g/mol. The van der Waals surface area contributed by atoms with Crippen LogP contribution in [0.3, 0.4) is 0 Å². The van der Waals surface area contributed by atoms with Gasteiger partial charge < -0.3 is 14.6 Å². The molecule has 2 aromatic carbocycles. The van der Waals surface area contributed by atoms with Crippen LogP contribution in [0.2, 0.25) is 5.02 Å². The van der Waals surface area contributed by atoms with Crippen LogP contribution in [-0.4, -0.2) is 43.3 Å². The van der Waals surface area contributed by atoms with Crippen molar-refractivity contribution in [1.29, 1.82) is 0 Å². The van der Waals surface area contributed by atoms with Crippen molar-refractivity contribution < 1.29 is 32.5 Å². The molecule has 1 aliphatic rings. The number of benzene rings is 2. The summed E-state index contributed by atoms with van der Waals surface area (Å²) in [6, 6.07) is 8.27. The monoisotopic (exact) mass is 457 g/mol. The first-order valence-corrected chi connectivity index (χ1v) is 10.1. The smallest absolute Gasteiger partial charge is 0.417 e. The standard InChI is InChI=1S/C22H23ClF3NO4/c1-30-18-7-3-6-15(20(18)31-2)19(27-10-4-5-14(12-27)21(28)29)13-8-9-17(23)16(11-13)22(24,25)26/h3,6-9,11,14,19H,4-5,10,12H2,1-2H3,(H,28,29). The van der Waals surface area contributed by atoms with E-state index in [1.807, 2.05) is 4.90 Å². The number of methoxy groups -OCH3 is 2. The fourth-order valence-electron chi connectivity index (χ4n) is 4.09. The number of alkyl halides is 3. The van der Waals surface area contributed by atoms with Crippen LogP contribution in [0.4, 0.5) is 13.2 Å². The van der Waals surface area contributed by atoms with Crippen LogP contribution in [0.25, 0.3) is 0 Å². The lowest BCUT2D eigenvalue weighted by atomic mass is 9.90. The van der Waals surface area contributed by atoms with Crippen LogP contribution in [0.1, 0.15) is 35.6 Å². The molecule has 31 heavy (non-hydrogen) atoms. The number of hydrogen-bond donors (Lipinski definition) is 1. The number of carboxylic acids is 1. The molecule has 0 bridgehead atoms. The van der Waals surface area contributed by atoms with Gasteiger partial charge in [-0.25, -0.2) is 0 Å². The van der Waals surface area contributed by atoms with E-state index in [0.717, 1.165) is 6.07 Å². The average Bonchev–Trinajstić information content (AvgIpc) is 2.74. The molecule has 2 aromatic rings. The Kier molecular flexibility index (Phi) is 7.01. The van der Waals surface area contributed by atoms with Crippen LogP contribution in [0.5, 0.6) is 11.5 Å². The highest BCUT2D eigenvalue weighted by Gasteiger charge is 2.37. The molecular weight excluding hydrogens is 435 g/mol. The van der Waals surface area contributed by atoms with Gasteiger partial charge in [-0.1, -0.05) is 29.8 Å². The zero-order valence-electron chi connectivity index (χ0n) is 17.1. The number of rotatable bonds is 6. The number of para-hydroxylation sites is 1. The Balaban J connectivity index is 2.18. The molecule has 0 spiro atoms. The topological polar surface area (TPSA) is 59.0 Å². The highest BCUT2D eigenvalue weighted by molar-refractivity contribution is 6.31. The van der Waals surface area contributed by atoms with E-state index >= 15 is 0 Å². The number of ether oxygens (including phenoxy) is 2. The van der Waals surface area contributed by atoms with Gasteiger partial charge in [-0.15, -0.1) is 0 Å². The van der Waals surface area contributed by atoms with Crippen LogP contribution in [0.15, 0.2) is 36.4 Å². The lowest BCUT2D eigenvalue weighted by molar-refractivity contribution is -0.143. The molecule has 0 radical (unpaired) electrons. The molecule has 9 heteroatoms. The second kappa shape index (κ2) is 9.36. The second-order valence-electron chi connectivity index (χ2n) is 7.39. The first kappa shape index (κ1) is 23.2. The predicted octanol–water partition coefficient (Wildman–Crippen LogP) is 5.26. The van der Waals surface area contributed by atoms with Crippen molar-refractivity contribution in [3.8, 4) is 11.5 Å². The summed E-state index contributed by atoms with van der Waals surface area (Å²) in [6.07, 6.45) is -3.50. The molecule has 0 amide bonds. The van der Waals surface area contributed by atoms with Crippen molar-refractivity contribution >= 4 is 17.6 Å². The number of nitrogens with zero attached hydrogens (tertiary/aromatic N) is 1. The van der Waals surface area contributed by atoms with E-state index in [0.29, 0.717) is 42.0 Å². The van der Waals surface area contributed by atoms with E-state index in [4.69, 9.17) is 21.1 Å². The van der Waals surface area contributed by atoms with Crippen LogP contribution in [-0.2, 0) is 11.0 Å². The minimum atomic E-state index is -4.62. The largest absolute Gasteiger partial charge is 0.493 e. The normalized spacial score (nSPS) is 18.5. The van der Waals surface area contributed by atoms with Gasteiger partial charge in [0.15, 0.2) is 11.5 Å². The summed E-state index contributed by atoms with van der Waals surface area (Å²) in [5.41, 5.74) is -0.0111. The van der Waals surface area contributed by atoms with Gasteiger partial charge in [-0.3, -0.25) is 9.69 Å². The van der Waals surface area contributed by atoms with E-state index in [2.05, 4.69) is 0 Å². The number of likely N-dealkylation sites (tertiary alicyclic amines) is 1. The SMILES string of the molecule is COc1cccc(C(c2ccc(Cl)c(C(F)(F)F)c2)N2CCCC(C(=O)O)C2)c1OC. The Hall–Kier alpha value is -2.45. The summed E-state index contributed by atoms with van der Waals surface area (Å²) in [6.45, 7) is 0.725. The molecule has 168 valence electrons. The van der Waals surface area contributed by atoms with E-state index < -0.39 is 34.7 Å². The maximum absolute atomic E-state index is 13.5. The molecule has 2 atom stereocenters. The van der Waals surface area contributed by atoms with E-state index in [1.165, 1.54) is 26.4 Å². The van der Waals surface area contributed by atoms with Gasteiger partial charge in [0.1, 0.15) is 0 Å². The van der Waals surface area contributed by atoms with Crippen LogP contribution in [0, 0.1) is 5.92 Å². The van der Waals surface area contributed by atoms with Gasteiger partial charge in [-0.05, 0) is 43.1 Å². The maximum atomic E-state index is 13.5. The van der Waals surface area contributed by atoms with Gasteiger partial charge in [0.05, 0.1) is 36.8 Å². The highest BCUT2D eigenvalue weighted by Crippen LogP contribution is 2.43. The highest BCUT2D eigenvalue weighted by atomic mass is 35.5. The number of aliphatic carboxylic acids is 1. The molecule has 0 saturated carbocycles. The summed E-state index contributed by atoms with van der Waals surface area (Å²) >= 11 is 5.83. The number of piperidine rings is 1. The third kappa shape index (κ3) is 4.91. The molecule has 3 rings (SSSR count). The molecule has 1 saturated heterocycles. The quantitative estimate of drug-likeness (QED) is 0.641. The van der Waals surface area contributed by atoms with E-state index in [-0.39, 0.29) is 6.54 Å². The first-order valence-electron chi connectivity index (χ1n) is 9.71. The Bertz CT molecular complexity index is 951. The van der Waals surface area contributed by atoms with Crippen molar-refractivity contribution in [1.82, 2.24) is 4.90 Å². The van der Waals surface area contributed by atoms with Crippen molar-refractivity contribution in [2.24, 2.45) is 5.92 Å². The van der Waals surface area contributed by atoms with Gasteiger partial charge >= 0.3 is 12.1 Å². The fraction of sp³-hybridized carbons (Fsp3) is 0.409. The Morgan fingerprint density at radius 2 is 1.97 bits per heavy atom. The minimum Gasteiger partial charge on any atom is -0.493 e. The molecule has 1 N–H and O–H groups in total. The number of hydrogen-bond acceptors (Lipinski definition) is 4. The van der Waals surface area contributed by atoms with Gasteiger partial charge in [0.25, 0.3) is 0 Å². The Labute approximate surface area is 183 Å². The lowest BCUT2D eigenvalue weighted by Gasteiger charge is -2.38. The second-order valence-corrected chi connectivity index (χ2v) is 7.80. The van der Waals surface area contributed by atoms with Crippen molar-refractivity contribution in [2.45, 2.75) is 25.1 Å². The van der Waals surface area contributed by atoms with Crippen molar-refractivity contribution in [3.63, 3.8) is 0 Å². The van der Waals surface area contributed by atoms with E-state index in [9.17, 15) is 23.1 Å². The molecular formula is C22H23ClF3NO4. The summed E-state index contributed by atoms with van der Waals surface area (Å²) in [5, 5.41) is 9.12. The first-order chi connectivity index (χ1) is 14.7. The summed E-state index contributed by atoms with van der Waals surface area (Å²) in [5.74, 6) is -0.715. The maximum Gasteiger partial charge on any atom is 0.417 e. The summed E-state index contributed by atoms with van der Waals surface area (Å²) < 4.78 is 51.6. The zero-order valence-corrected chi connectivity index (χ0v) is 17.8.